The van der Waals surface area contributed by atoms with Crippen LogP contribution in [0, 0.1) is 34.6 Å². The quantitative estimate of drug-likeness (QED) is 0.432. The molecule has 0 aliphatic rings. The predicted molar refractivity (Wildman–Crippen MR) is 127 cm³/mol. The Hall–Kier alpha value is -2.34. The van der Waals surface area contributed by atoms with Crippen LogP contribution in [0.1, 0.15) is 76.4 Å². The fourth-order valence-electron chi connectivity index (χ4n) is 4.14. The Labute approximate surface area is 178 Å². The first kappa shape index (κ1) is 21.4. The topological polar surface area (TPSA) is 0 Å². The van der Waals surface area contributed by atoms with Crippen LogP contribution in [0.3, 0.4) is 0 Å². The summed E-state index contributed by atoms with van der Waals surface area (Å²) >= 11 is 0. The molecule has 152 valence electrons. The number of hydrogen-bond acceptors (Lipinski definition) is 0. The summed E-state index contributed by atoms with van der Waals surface area (Å²) in [5.74, 6) is 0. The molecule has 0 aliphatic carbocycles. The molecule has 0 saturated carbocycles. The molecule has 0 saturated heterocycles. The summed E-state index contributed by atoms with van der Waals surface area (Å²) in [6.07, 6.45) is 2.00. The van der Waals surface area contributed by atoms with Gasteiger partial charge in [-0.15, -0.1) is 0 Å². The molecule has 3 aromatic carbocycles. The summed E-state index contributed by atoms with van der Waals surface area (Å²) in [6, 6.07) is 18.6. The molecule has 0 amide bonds. The summed E-state index contributed by atoms with van der Waals surface area (Å²) in [5, 5.41) is 0. The van der Waals surface area contributed by atoms with E-state index in [1.165, 1.54) is 55.6 Å². The predicted octanol–water partition coefficient (Wildman–Crippen LogP) is 7.71. The van der Waals surface area contributed by atoms with Crippen LogP contribution in [0.5, 0.6) is 0 Å². The van der Waals surface area contributed by atoms with E-state index < -0.39 is 0 Å². The van der Waals surface area contributed by atoms with Crippen LogP contribution in [0.4, 0.5) is 0 Å². The third-order valence-corrected chi connectivity index (χ3v) is 6.25. The average Bonchev–Trinajstić information content (AvgIpc) is 2.61. The SMILES string of the molecule is Cc1ccc(Cc2cc(C(C)(C)C)cc(Cc3ccc(C)cc3C)c2C)c(C)c1. The first-order valence-corrected chi connectivity index (χ1v) is 10.8. The number of benzene rings is 3. The molecular formula is C29H36. The molecule has 3 aromatic rings. The molecule has 0 nitrogen and oxygen atoms in total. The van der Waals surface area contributed by atoms with Crippen molar-refractivity contribution in [1.82, 2.24) is 0 Å². The lowest BCUT2D eigenvalue weighted by Crippen LogP contribution is -2.14. The molecule has 0 fully saturated rings. The fraction of sp³-hybridized carbons (Fsp3) is 0.379. The summed E-state index contributed by atoms with van der Waals surface area (Å²) in [6.45, 7) is 18.1. The Bertz CT molecular complexity index is 954. The zero-order valence-electron chi connectivity index (χ0n) is 19.5. The van der Waals surface area contributed by atoms with Gasteiger partial charge in [0.2, 0.25) is 0 Å². The highest BCUT2D eigenvalue weighted by molar-refractivity contribution is 5.47. The molecule has 3 rings (SSSR count). The van der Waals surface area contributed by atoms with Crippen LogP contribution in [0.15, 0.2) is 48.5 Å². The van der Waals surface area contributed by atoms with Gasteiger partial charge in [0, 0.05) is 0 Å². The second kappa shape index (κ2) is 8.19. The van der Waals surface area contributed by atoms with Crippen molar-refractivity contribution in [3.8, 4) is 0 Å². The summed E-state index contributed by atoms with van der Waals surface area (Å²) in [4.78, 5) is 0. The maximum Gasteiger partial charge on any atom is -0.00203 e. The molecule has 0 N–H and O–H groups in total. The van der Waals surface area contributed by atoms with Crippen LogP contribution >= 0.6 is 0 Å². The zero-order chi connectivity index (χ0) is 21.3. The molecule has 0 unspecified atom stereocenters. The van der Waals surface area contributed by atoms with E-state index in [0.717, 1.165) is 12.8 Å². The molecule has 0 spiro atoms. The van der Waals surface area contributed by atoms with Gasteiger partial charge in [0.15, 0.2) is 0 Å². The Morgan fingerprint density at radius 2 is 0.966 bits per heavy atom. The van der Waals surface area contributed by atoms with E-state index in [1.807, 2.05) is 0 Å². The summed E-state index contributed by atoms with van der Waals surface area (Å²) in [7, 11) is 0. The van der Waals surface area contributed by atoms with Gasteiger partial charge in [0.05, 0.1) is 0 Å². The highest BCUT2D eigenvalue weighted by Gasteiger charge is 2.18. The second-order valence-electron chi connectivity index (χ2n) is 9.88. The lowest BCUT2D eigenvalue weighted by Gasteiger charge is -2.24. The van der Waals surface area contributed by atoms with Crippen molar-refractivity contribution in [3.63, 3.8) is 0 Å². The second-order valence-corrected chi connectivity index (χ2v) is 9.88. The minimum absolute atomic E-state index is 0.141. The smallest absolute Gasteiger partial charge is 0.00203 e. The van der Waals surface area contributed by atoms with Crippen molar-refractivity contribution in [2.75, 3.05) is 0 Å². The lowest BCUT2D eigenvalue weighted by atomic mass is 9.81. The molecular weight excluding hydrogens is 348 g/mol. The summed E-state index contributed by atoms with van der Waals surface area (Å²) < 4.78 is 0. The average molecular weight is 385 g/mol. The van der Waals surface area contributed by atoms with E-state index in [0.29, 0.717) is 0 Å². The Morgan fingerprint density at radius 1 is 0.552 bits per heavy atom. The largest absolute Gasteiger partial charge is 0.0590 e. The first-order chi connectivity index (χ1) is 13.5. The number of hydrogen-bond donors (Lipinski definition) is 0. The van der Waals surface area contributed by atoms with E-state index in [9.17, 15) is 0 Å². The zero-order valence-corrected chi connectivity index (χ0v) is 19.5. The minimum Gasteiger partial charge on any atom is -0.0590 e. The Morgan fingerprint density at radius 3 is 1.31 bits per heavy atom. The first-order valence-electron chi connectivity index (χ1n) is 10.8. The van der Waals surface area contributed by atoms with Crippen molar-refractivity contribution in [1.29, 1.82) is 0 Å². The maximum absolute atomic E-state index is 2.44. The van der Waals surface area contributed by atoms with Gasteiger partial charge < -0.3 is 0 Å². The van der Waals surface area contributed by atoms with Crippen molar-refractivity contribution in [2.24, 2.45) is 0 Å². The molecule has 0 atom stereocenters. The van der Waals surface area contributed by atoms with Gasteiger partial charge in [-0.1, -0.05) is 80.4 Å². The van der Waals surface area contributed by atoms with Gasteiger partial charge in [-0.2, -0.15) is 0 Å². The summed E-state index contributed by atoms with van der Waals surface area (Å²) in [5.41, 5.74) is 14.3. The highest BCUT2D eigenvalue weighted by atomic mass is 14.2. The van der Waals surface area contributed by atoms with Gasteiger partial charge in [-0.3, -0.25) is 0 Å². The minimum atomic E-state index is 0.141. The van der Waals surface area contributed by atoms with Crippen LogP contribution < -0.4 is 0 Å². The molecule has 0 heteroatoms. The third kappa shape index (κ3) is 4.99. The normalized spacial score (nSPS) is 11.7. The molecule has 0 aromatic heterocycles. The lowest BCUT2D eigenvalue weighted by molar-refractivity contribution is 0.588. The van der Waals surface area contributed by atoms with Gasteiger partial charge >= 0.3 is 0 Å². The van der Waals surface area contributed by atoms with E-state index >= 15 is 0 Å². The van der Waals surface area contributed by atoms with E-state index in [4.69, 9.17) is 0 Å². The van der Waals surface area contributed by atoms with Gasteiger partial charge in [0.1, 0.15) is 0 Å². The number of aryl methyl sites for hydroxylation is 4. The maximum atomic E-state index is 2.44. The fourth-order valence-corrected chi connectivity index (χ4v) is 4.14. The third-order valence-electron chi connectivity index (χ3n) is 6.25. The number of rotatable bonds is 4. The van der Waals surface area contributed by atoms with Crippen LogP contribution in [0.2, 0.25) is 0 Å². The Kier molecular flexibility index (Phi) is 6.03. The van der Waals surface area contributed by atoms with Crippen LogP contribution in [0.25, 0.3) is 0 Å². The van der Waals surface area contributed by atoms with Gasteiger partial charge in [0.25, 0.3) is 0 Å². The molecule has 0 radical (unpaired) electrons. The van der Waals surface area contributed by atoms with Crippen molar-refractivity contribution in [3.05, 3.63) is 104 Å². The monoisotopic (exact) mass is 384 g/mol. The van der Waals surface area contributed by atoms with Crippen LogP contribution in [-0.2, 0) is 18.3 Å². The van der Waals surface area contributed by atoms with Gasteiger partial charge in [-0.25, -0.2) is 0 Å². The van der Waals surface area contributed by atoms with Crippen molar-refractivity contribution in [2.45, 2.75) is 73.6 Å². The molecule has 0 aliphatic heterocycles. The Balaban J connectivity index is 2.07. The van der Waals surface area contributed by atoms with Gasteiger partial charge in [-0.05, 0) is 97.4 Å². The van der Waals surface area contributed by atoms with E-state index in [-0.39, 0.29) is 5.41 Å². The van der Waals surface area contributed by atoms with Crippen molar-refractivity contribution >= 4 is 0 Å². The van der Waals surface area contributed by atoms with Crippen molar-refractivity contribution < 1.29 is 0 Å². The van der Waals surface area contributed by atoms with E-state index in [1.54, 1.807) is 0 Å². The molecule has 29 heavy (non-hydrogen) atoms. The van der Waals surface area contributed by atoms with Crippen LogP contribution in [-0.4, -0.2) is 0 Å². The highest BCUT2D eigenvalue weighted by Crippen LogP contribution is 2.30. The molecule has 0 heterocycles. The standard InChI is InChI=1S/C29H36/c1-19-9-11-24(21(3)13-19)15-26-17-28(29(6,7)8)18-27(23(26)5)16-25-12-10-20(2)14-22(25)4/h9-14,17-18H,15-16H2,1-8H3. The molecule has 0 bridgehead atoms. The van der Waals surface area contributed by atoms with E-state index in [2.05, 4.69) is 104 Å².